The summed E-state index contributed by atoms with van der Waals surface area (Å²) in [5, 5.41) is 54.0. The molecular weight excluding hydrogens is 823 g/mol. The van der Waals surface area contributed by atoms with Crippen LogP contribution in [0.1, 0.15) is 219 Å². The number of hydrogen-bond acceptors (Lipinski definition) is 10. The molecule has 11 nitrogen and oxygen atoms in total. The lowest BCUT2D eigenvalue weighted by Gasteiger charge is -2.40. The van der Waals surface area contributed by atoms with Crippen LogP contribution in [-0.2, 0) is 23.8 Å². The summed E-state index contributed by atoms with van der Waals surface area (Å²) in [5.41, 5.74) is 0. The van der Waals surface area contributed by atoms with Gasteiger partial charge in [0.15, 0.2) is 6.29 Å². The van der Waals surface area contributed by atoms with Crippen molar-refractivity contribution in [3.05, 3.63) is 48.6 Å². The summed E-state index contributed by atoms with van der Waals surface area (Å²) >= 11 is 0. The van der Waals surface area contributed by atoms with E-state index < -0.39 is 49.5 Å². The molecule has 0 bridgehead atoms. The molecule has 0 aromatic heterocycles. The van der Waals surface area contributed by atoms with Crippen molar-refractivity contribution in [3.63, 3.8) is 0 Å². The van der Waals surface area contributed by atoms with Gasteiger partial charge in [-0.05, 0) is 77.6 Å². The Morgan fingerprint density at radius 3 is 1.62 bits per heavy atom. The van der Waals surface area contributed by atoms with E-state index in [1.54, 1.807) is 6.08 Å². The molecule has 11 heteroatoms. The maximum absolute atomic E-state index is 12.9. The largest absolute Gasteiger partial charge is 0.466 e. The van der Waals surface area contributed by atoms with Crippen molar-refractivity contribution in [2.45, 2.75) is 262 Å². The predicted octanol–water partition coefficient (Wildman–Crippen LogP) is 10.9. The Bertz CT molecular complexity index is 1220. The lowest BCUT2D eigenvalue weighted by molar-refractivity contribution is -0.302. The summed E-state index contributed by atoms with van der Waals surface area (Å²) < 4.78 is 16.6. The number of aliphatic hydroxyl groups is 5. The smallest absolute Gasteiger partial charge is 0.305 e. The summed E-state index contributed by atoms with van der Waals surface area (Å²) in [6, 6.07) is -0.842. The van der Waals surface area contributed by atoms with Gasteiger partial charge in [-0.2, -0.15) is 0 Å². The molecule has 1 aliphatic heterocycles. The summed E-state index contributed by atoms with van der Waals surface area (Å²) in [7, 11) is 0. The number of hydrogen-bond donors (Lipinski definition) is 6. The molecule has 0 aliphatic carbocycles. The third kappa shape index (κ3) is 34.6. The zero-order chi connectivity index (χ0) is 47.4. The summed E-state index contributed by atoms with van der Waals surface area (Å²) in [6.07, 6.45) is 43.6. The maximum Gasteiger partial charge on any atom is 0.305 e. The van der Waals surface area contributed by atoms with E-state index in [4.69, 9.17) is 14.2 Å². The quantitative estimate of drug-likeness (QED) is 0.0196. The Labute approximate surface area is 396 Å². The Morgan fingerprint density at radius 2 is 1.06 bits per heavy atom. The van der Waals surface area contributed by atoms with Gasteiger partial charge in [0.25, 0.3) is 0 Å². The van der Waals surface area contributed by atoms with Gasteiger partial charge in [-0.25, -0.2) is 0 Å². The highest BCUT2D eigenvalue weighted by molar-refractivity contribution is 5.76. The van der Waals surface area contributed by atoms with Crippen molar-refractivity contribution >= 4 is 11.9 Å². The average molecular weight is 920 g/mol. The maximum atomic E-state index is 12.9. The third-order valence-corrected chi connectivity index (χ3v) is 12.2. The van der Waals surface area contributed by atoms with E-state index in [-0.39, 0.29) is 18.5 Å². The van der Waals surface area contributed by atoms with Gasteiger partial charge in [0.1, 0.15) is 24.4 Å². The molecule has 0 spiro atoms. The monoisotopic (exact) mass is 920 g/mol. The fourth-order valence-electron chi connectivity index (χ4n) is 8.00. The Hall–Kier alpha value is -2.38. The second-order valence-corrected chi connectivity index (χ2v) is 18.2. The van der Waals surface area contributed by atoms with Crippen LogP contribution in [-0.4, -0.2) is 100 Å². The van der Waals surface area contributed by atoms with Gasteiger partial charge in [0, 0.05) is 12.8 Å². The van der Waals surface area contributed by atoms with Crippen LogP contribution in [0.15, 0.2) is 48.6 Å². The second-order valence-electron chi connectivity index (χ2n) is 18.2. The van der Waals surface area contributed by atoms with E-state index in [1.807, 2.05) is 19.1 Å². The molecule has 65 heavy (non-hydrogen) atoms. The van der Waals surface area contributed by atoms with Crippen LogP contribution in [0.3, 0.4) is 0 Å². The summed E-state index contributed by atoms with van der Waals surface area (Å²) in [6.45, 7) is 4.02. The predicted molar refractivity (Wildman–Crippen MR) is 264 cm³/mol. The second kappa shape index (κ2) is 44.1. The fraction of sp³-hybridized carbons (Fsp3) is 0.815. The van der Waals surface area contributed by atoms with Gasteiger partial charge >= 0.3 is 5.97 Å². The van der Waals surface area contributed by atoms with Crippen LogP contribution in [0.2, 0.25) is 0 Å². The number of rotatable bonds is 44. The van der Waals surface area contributed by atoms with Crippen LogP contribution in [0.4, 0.5) is 0 Å². The molecule has 1 heterocycles. The van der Waals surface area contributed by atoms with Gasteiger partial charge in [0.05, 0.1) is 32.0 Å². The molecule has 1 aliphatic rings. The van der Waals surface area contributed by atoms with Crippen molar-refractivity contribution < 1.29 is 49.3 Å². The lowest BCUT2D eigenvalue weighted by Crippen LogP contribution is -2.60. The zero-order valence-corrected chi connectivity index (χ0v) is 41.2. The Kier molecular flexibility index (Phi) is 41.2. The lowest BCUT2D eigenvalue weighted by atomic mass is 9.99. The topological polar surface area (TPSA) is 175 Å². The fourth-order valence-corrected chi connectivity index (χ4v) is 8.00. The average Bonchev–Trinajstić information content (AvgIpc) is 3.30. The van der Waals surface area contributed by atoms with E-state index in [1.165, 1.54) is 116 Å². The molecule has 0 saturated carbocycles. The van der Waals surface area contributed by atoms with Gasteiger partial charge < -0.3 is 45.1 Å². The van der Waals surface area contributed by atoms with Crippen LogP contribution in [0.25, 0.3) is 0 Å². The zero-order valence-electron chi connectivity index (χ0n) is 41.2. The molecule has 1 fully saturated rings. The molecule has 1 amide bonds. The highest BCUT2D eigenvalue weighted by atomic mass is 16.7. The number of nitrogens with one attached hydrogen (secondary N) is 1. The minimum Gasteiger partial charge on any atom is -0.466 e. The first-order valence-electron chi connectivity index (χ1n) is 26.4. The number of unbranched alkanes of at least 4 members (excludes halogenated alkanes) is 25. The molecular formula is C54H97NO10. The molecule has 7 atom stereocenters. The number of carbonyl (C=O) groups excluding carboxylic acids is 2. The van der Waals surface area contributed by atoms with Crippen LogP contribution in [0, 0.1) is 0 Å². The van der Waals surface area contributed by atoms with Gasteiger partial charge in [-0.3, -0.25) is 9.59 Å². The number of carbonyl (C=O) groups is 2. The van der Waals surface area contributed by atoms with E-state index >= 15 is 0 Å². The Morgan fingerprint density at radius 1 is 0.585 bits per heavy atom. The van der Waals surface area contributed by atoms with Gasteiger partial charge in [0.2, 0.25) is 5.91 Å². The van der Waals surface area contributed by atoms with Crippen LogP contribution in [0.5, 0.6) is 0 Å². The third-order valence-electron chi connectivity index (χ3n) is 12.2. The van der Waals surface area contributed by atoms with E-state index in [0.29, 0.717) is 25.9 Å². The van der Waals surface area contributed by atoms with Gasteiger partial charge in [-0.1, -0.05) is 178 Å². The minimum atomic E-state index is -1.58. The SMILES string of the molecule is C/C=C/CC/C=C/CC/C=C/C(O)C(COC1OC(CO)C(O)C(O)C1O)NC(=O)CCCCCCCCCCCCCCCCOC(=O)CCCCCCC/C=C\CCCCCCC. The van der Waals surface area contributed by atoms with Gasteiger partial charge in [-0.15, -0.1) is 0 Å². The van der Waals surface area contributed by atoms with E-state index in [0.717, 1.165) is 70.6 Å². The van der Waals surface area contributed by atoms with E-state index in [9.17, 15) is 35.1 Å². The number of amides is 1. The van der Waals surface area contributed by atoms with Crippen LogP contribution < -0.4 is 5.32 Å². The number of esters is 1. The van der Waals surface area contributed by atoms with Crippen molar-refractivity contribution in [2.75, 3.05) is 19.8 Å². The highest BCUT2D eigenvalue weighted by Gasteiger charge is 2.44. The van der Waals surface area contributed by atoms with Crippen molar-refractivity contribution in [1.29, 1.82) is 0 Å². The first-order valence-corrected chi connectivity index (χ1v) is 26.4. The first-order chi connectivity index (χ1) is 31.7. The summed E-state index contributed by atoms with van der Waals surface area (Å²) in [5.74, 6) is -0.246. The molecule has 0 aromatic rings. The van der Waals surface area contributed by atoms with Crippen molar-refractivity contribution in [2.24, 2.45) is 0 Å². The summed E-state index contributed by atoms with van der Waals surface area (Å²) in [4.78, 5) is 25.0. The minimum absolute atomic E-state index is 0.0341. The number of aliphatic hydroxyl groups excluding tert-OH is 5. The van der Waals surface area contributed by atoms with Crippen molar-refractivity contribution in [3.8, 4) is 0 Å². The normalized spacial score (nSPS) is 20.1. The van der Waals surface area contributed by atoms with Crippen LogP contribution >= 0.6 is 0 Å². The molecule has 0 radical (unpaired) electrons. The molecule has 6 N–H and O–H groups in total. The number of allylic oxidation sites excluding steroid dienone is 7. The first kappa shape index (κ1) is 60.6. The van der Waals surface area contributed by atoms with E-state index in [2.05, 4.69) is 42.6 Å². The standard InChI is InChI=1S/C54H97NO10/c1-3-5-7-9-11-13-14-15-19-22-26-30-34-38-42-50(59)63-43-39-35-31-27-23-20-17-16-18-21-25-29-33-37-41-49(58)55-46(47(57)40-36-32-28-24-12-10-8-6-4-2)45-64-54-53(62)52(61)51(60)48(44-56)65-54/h4,6,12,14-15,24,36,40,46-48,51-54,56-57,60-62H,3,5,7-11,13,16-23,25-35,37-39,41-45H2,1-2H3,(H,55,58)/b6-4+,15-14-,24-12+,40-36+. The molecule has 7 unspecified atom stereocenters. The van der Waals surface area contributed by atoms with Crippen molar-refractivity contribution in [1.82, 2.24) is 5.32 Å². The Balaban J connectivity index is 2.10. The molecule has 1 saturated heterocycles. The molecule has 1 rings (SSSR count). The molecule has 0 aromatic carbocycles. The molecule has 378 valence electrons. The highest BCUT2D eigenvalue weighted by Crippen LogP contribution is 2.23. The number of ether oxygens (including phenoxy) is 3.